The summed E-state index contributed by atoms with van der Waals surface area (Å²) in [7, 11) is 0. The molecule has 2 rings (SSSR count). The summed E-state index contributed by atoms with van der Waals surface area (Å²) in [6.07, 6.45) is -0.111. The summed E-state index contributed by atoms with van der Waals surface area (Å²) in [5, 5.41) is 9.79. The first-order valence-electron chi connectivity index (χ1n) is 6.24. The van der Waals surface area contributed by atoms with Gasteiger partial charge in [-0.3, -0.25) is 4.90 Å². The Morgan fingerprint density at radius 3 is 2.76 bits per heavy atom. The summed E-state index contributed by atoms with van der Waals surface area (Å²) in [6, 6.07) is 10.5. The van der Waals surface area contributed by atoms with Gasteiger partial charge in [0, 0.05) is 13.1 Å². The maximum atomic E-state index is 9.79. The summed E-state index contributed by atoms with van der Waals surface area (Å²) in [5.74, 6) is 0. The van der Waals surface area contributed by atoms with E-state index in [-0.39, 0.29) is 18.2 Å². The molecule has 0 aromatic heterocycles. The topological polar surface area (TPSA) is 32.7 Å². The molecule has 1 aliphatic heterocycles. The van der Waals surface area contributed by atoms with Crippen molar-refractivity contribution in [3.63, 3.8) is 0 Å². The highest BCUT2D eigenvalue weighted by Gasteiger charge is 2.29. The molecule has 17 heavy (non-hydrogen) atoms. The van der Waals surface area contributed by atoms with Crippen LogP contribution in [0, 0.1) is 0 Å². The molecule has 0 radical (unpaired) electrons. The first-order valence-corrected chi connectivity index (χ1v) is 6.24. The molecule has 1 N–H and O–H groups in total. The van der Waals surface area contributed by atoms with E-state index in [0.717, 1.165) is 13.1 Å². The van der Waals surface area contributed by atoms with Crippen LogP contribution in [0.15, 0.2) is 30.3 Å². The summed E-state index contributed by atoms with van der Waals surface area (Å²) in [5.41, 5.74) is 1.28. The van der Waals surface area contributed by atoms with Crippen LogP contribution in [0.5, 0.6) is 0 Å². The van der Waals surface area contributed by atoms with E-state index in [1.807, 2.05) is 13.0 Å². The van der Waals surface area contributed by atoms with Crippen LogP contribution in [-0.2, 0) is 11.3 Å². The van der Waals surface area contributed by atoms with Crippen molar-refractivity contribution in [2.75, 3.05) is 13.2 Å². The van der Waals surface area contributed by atoms with Crippen molar-refractivity contribution in [3.05, 3.63) is 35.9 Å². The number of morpholine rings is 1. The second-order valence-electron chi connectivity index (χ2n) is 4.87. The van der Waals surface area contributed by atoms with Crippen LogP contribution < -0.4 is 0 Å². The van der Waals surface area contributed by atoms with Crippen molar-refractivity contribution in [3.8, 4) is 0 Å². The maximum absolute atomic E-state index is 9.79. The molecule has 1 aliphatic rings. The number of benzene rings is 1. The number of ether oxygens (including phenoxy) is 1. The smallest absolute Gasteiger partial charge is 0.0689 e. The molecule has 94 valence electrons. The minimum atomic E-state index is -0.355. The average Bonchev–Trinajstić information content (AvgIpc) is 2.30. The number of aliphatic hydroxyl groups excluding tert-OH is 1. The first-order chi connectivity index (χ1) is 8.16. The van der Waals surface area contributed by atoms with Gasteiger partial charge >= 0.3 is 0 Å². The molecule has 1 saturated heterocycles. The van der Waals surface area contributed by atoms with Crippen molar-refractivity contribution in [2.24, 2.45) is 0 Å². The minimum absolute atomic E-state index is 0.103. The van der Waals surface area contributed by atoms with Gasteiger partial charge in [-0.05, 0) is 19.4 Å². The molecular weight excluding hydrogens is 214 g/mol. The number of hydrogen-bond acceptors (Lipinski definition) is 3. The van der Waals surface area contributed by atoms with Crippen LogP contribution in [0.2, 0.25) is 0 Å². The molecule has 0 bridgehead atoms. The monoisotopic (exact) mass is 235 g/mol. The van der Waals surface area contributed by atoms with Crippen LogP contribution in [0.4, 0.5) is 0 Å². The zero-order chi connectivity index (χ0) is 12.3. The first kappa shape index (κ1) is 12.6. The van der Waals surface area contributed by atoms with Gasteiger partial charge in [-0.25, -0.2) is 0 Å². The lowest BCUT2D eigenvalue weighted by Gasteiger charge is -2.40. The van der Waals surface area contributed by atoms with E-state index in [9.17, 15) is 5.11 Å². The van der Waals surface area contributed by atoms with E-state index in [1.165, 1.54) is 5.56 Å². The number of hydrogen-bond donors (Lipinski definition) is 1. The van der Waals surface area contributed by atoms with Crippen molar-refractivity contribution < 1.29 is 9.84 Å². The van der Waals surface area contributed by atoms with Gasteiger partial charge in [0.25, 0.3) is 0 Å². The van der Waals surface area contributed by atoms with E-state index in [0.29, 0.717) is 6.61 Å². The van der Waals surface area contributed by atoms with Gasteiger partial charge in [0.1, 0.15) is 0 Å². The molecule has 1 fully saturated rings. The molecular formula is C14H21NO2. The third-order valence-corrected chi connectivity index (χ3v) is 3.30. The zero-order valence-electron chi connectivity index (χ0n) is 10.5. The Kier molecular flexibility index (Phi) is 4.15. The Hall–Kier alpha value is -0.900. The minimum Gasteiger partial charge on any atom is -0.392 e. The summed E-state index contributed by atoms with van der Waals surface area (Å²) >= 11 is 0. The lowest BCUT2D eigenvalue weighted by atomic mass is 10.1. The number of aliphatic hydroxyl groups is 1. The maximum Gasteiger partial charge on any atom is 0.0689 e. The van der Waals surface area contributed by atoms with E-state index in [1.54, 1.807) is 0 Å². The summed E-state index contributed by atoms with van der Waals surface area (Å²) < 4.78 is 5.62. The molecule has 1 aromatic carbocycles. The third kappa shape index (κ3) is 3.28. The summed E-state index contributed by atoms with van der Waals surface area (Å²) in [4.78, 5) is 2.31. The molecule has 3 atom stereocenters. The van der Waals surface area contributed by atoms with Gasteiger partial charge in [0.05, 0.1) is 24.9 Å². The molecule has 0 amide bonds. The normalized spacial score (nSPS) is 27.9. The zero-order valence-corrected chi connectivity index (χ0v) is 10.5. The molecule has 0 spiro atoms. The Morgan fingerprint density at radius 2 is 2.12 bits per heavy atom. The van der Waals surface area contributed by atoms with Crippen molar-refractivity contribution >= 4 is 0 Å². The lowest BCUT2D eigenvalue weighted by Crippen LogP contribution is -2.52. The molecule has 3 nitrogen and oxygen atoms in total. The summed E-state index contributed by atoms with van der Waals surface area (Å²) in [6.45, 7) is 6.29. The van der Waals surface area contributed by atoms with E-state index in [2.05, 4.69) is 36.1 Å². The van der Waals surface area contributed by atoms with Gasteiger partial charge in [0.15, 0.2) is 0 Å². The van der Waals surface area contributed by atoms with Gasteiger partial charge in [-0.2, -0.15) is 0 Å². The van der Waals surface area contributed by atoms with Crippen molar-refractivity contribution in [1.29, 1.82) is 0 Å². The van der Waals surface area contributed by atoms with Crippen molar-refractivity contribution in [2.45, 2.75) is 38.6 Å². The Morgan fingerprint density at radius 1 is 1.41 bits per heavy atom. The molecule has 0 saturated carbocycles. The highest BCUT2D eigenvalue weighted by molar-refractivity contribution is 5.14. The van der Waals surface area contributed by atoms with Gasteiger partial charge in [0.2, 0.25) is 0 Å². The fourth-order valence-electron chi connectivity index (χ4n) is 2.33. The van der Waals surface area contributed by atoms with Gasteiger partial charge in [-0.1, -0.05) is 30.3 Å². The SMILES string of the molecule is CC1CN(Cc2ccccc2)[C@@H]([C@@H](C)O)CO1. The fraction of sp³-hybridized carbons (Fsp3) is 0.571. The fourth-order valence-corrected chi connectivity index (χ4v) is 2.33. The lowest BCUT2D eigenvalue weighted by molar-refractivity contribution is -0.0911. The molecule has 1 aromatic rings. The number of rotatable bonds is 3. The molecule has 0 aliphatic carbocycles. The quantitative estimate of drug-likeness (QED) is 0.865. The van der Waals surface area contributed by atoms with E-state index in [4.69, 9.17) is 4.74 Å². The molecule has 1 unspecified atom stereocenters. The predicted molar refractivity (Wildman–Crippen MR) is 67.7 cm³/mol. The van der Waals surface area contributed by atoms with Crippen LogP contribution in [0.1, 0.15) is 19.4 Å². The van der Waals surface area contributed by atoms with E-state index >= 15 is 0 Å². The van der Waals surface area contributed by atoms with Crippen LogP contribution in [0.25, 0.3) is 0 Å². The molecule has 3 heteroatoms. The van der Waals surface area contributed by atoms with Gasteiger partial charge < -0.3 is 9.84 Å². The van der Waals surface area contributed by atoms with Crippen LogP contribution >= 0.6 is 0 Å². The predicted octanol–water partition coefficient (Wildman–Crippen LogP) is 1.66. The second kappa shape index (κ2) is 5.63. The Balaban J connectivity index is 2.05. The third-order valence-electron chi connectivity index (χ3n) is 3.30. The van der Waals surface area contributed by atoms with Crippen molar-refractivity contribution in [1.82, 2.24) is 4.90 Å². The highest BCUT2D eigenvalue weighted by atomic mass is 16.5. The Bertz CT molecular complexity index is 339. The van der Waals surface area contributed by atoms with Crippen LogP contribution in [-0.4, -0.2) is 41.4 Å². The average molecular weight is 235 g/mol. The van der Waals surface area contributed by atoms with Gasteiger partial charge in [-0.15, -0.1) is 0 Å². The largest absolute Gasteiger partial charge is 0.392 e. The van der Waals surface area contributed by atoms with E-state index < -0.39 is 0 Å². The highest BCUT2D eigenvalue weighted by Crippen LogP contribution is 2.17. The van der Waals surface area contributed by atoms with Crippen LogP contribution in [0.3, 0.4) is 0 Å². The standard InChI is InChI=1S/C14H21NO2/c1-11-8-15(14(10-17-11)12(2)16)9-13-6-4-3-5-7-13/h3-7,11-12,14,16H,8-10H2,1-2H3/t11?,12-,14-/m1/s1. The number of nitrogens with zero attached hydrogens (tertiary/aromatic N) is 1. The second-order valence-corrected chi connectivity index (χ2v) is 4.87. The molecule has 1 heterocycles. The Labute approximate surface area is 103 Å².